The van der Waals surface area contributed by atoms with Gasteiger partial charge in [-0.05, 0) is 40.2 Å². The minimum absolute atomic E-state index is 0.172. The maximum atomic E-state index is 13.6. The number of hydrogen-bond donors (Lipinski definition) is 1. The van der Waals surface area contributed by atoms with Gasteiger partial charge in [0.15, 0.2) is 0 Å². The molecule has 0 unspecified atom stereocenters. The van der Waals surface area contributed by atoms with Gasteiger partial charge >= 0.3 is 0 Å². The molecule has 1 aliphatic heterocycles. The smallest absolute Gasteiger partial charge is 0.299 e. The summed E-state index contributed by atoms with van der Waals surface area (Å²) in [6.45, 7) is 7.34. The fourth-order valence-electron chi connectivity index (χ4n) is 2.03. The molecule has 4 nitrogen and oxygen atoms in total. The molecule has 106 valence electrons. The Hall–Kier alpha value is -1.53. The number of likely N-dealkylation sites (N-methyl/N-ethyl adjacent to an activating group) is 1. The van der Waals surface area contributed by atoms with E-state index in [0.717, 1.165) is 12.1 Å². The lowest BCUT2D eigenvalue weighted by Crippen LogP contribution is -2.33. The number of nitrogens with zero attached hydrogens (tertiary/aromatic N) is 1. The number of ketones is 1. The van der Waals surface area contributed by atoms with E-state index in [2.05, 4.69) is 27.8 Å². The first kappa shape index (κ1) is 14.9. The lowest BCUT2D eigenvalue weighted by molar-refractivity contribution is -0.114. The lowest BCUT2D eigenvalue weighted by atomic mass is 10.1. The second-order valence-corrected chi connectivity index (χ2v) is 5.39. The van der Waals surface area contributed by atoms with Gasteiger partial charge in [-0.3, -0.25) is 9.59 Å². The molecule has 1 N–H and O–H groups in total. The monoisotopic (exact) mass is 340 g/mol. The van der Waals surface area contributed by atoms with Gasteiger partial charge in [0, 0.05) is 13.1 Å². The molecule has 0 aliphatic carbocycles. The van der Waals surface area contributed by atoms with Gasteiger partial charge in [-0.15, -0.1) is 0 Å². The standard InChI is InChI=1S/C14H14BrFN2O2/c1-3-17-6-8(2)7-18-12-5-11(16)10(15)4-9(12)13(19)14(18)20/h4-5,17H,2-3,6-7H2,1H3. The van der Waals surface area contributed by atoms with Crippen molar-refractivity contribution < 1.29 is 14.0 Å². The van der Waals surface area contributed by atoms with Crippen molar-refractivity contribution in [1.82, 2.24) is 5.32 Å². The van der Waals surface area contributed by atoms with Gasteiger partial charge in [0.05, 0.1) is 15.7 Å². The fraction of sp³-hybridized carbons (Fsp3) is 0.286. The Bertz CT molecular complexity index is 601. The minimum Gasteiger partial charge on any atom is -0.313 e. The Morgan fingerprint density at radius 1 is 1.45 bits per heavy atom. The summed E-state index contributed by atoms with van der Waals surface area (Å²) >= 11 is 3.02. The molecule has 0 bridgehead atoms. The average molecular weight is 341 g/mol. The number of fused-ring (bicyclic) bond motifs is 1. The molecule has 6 heteroatoms. The lowest BCUT2D eigenvalue weighted by Gasteiger charge is -2.18. The van der Waals surface area contributed by atoms with Crippen molar-refractivity contribution >= 4 is 33.3 Å². The van der Waals surface area contributed by atoms with Crippen LogP contribution >= 0.6 is 15.9 Å². The van der Waals surface area contributed by atoms with Crippen LogP contribution in [0.15, 0.2) is 28.8 Å². The number of hydrogen-bond acceptors (Lipinski definition) is 3. The Kier molecular flexibility index (Phi) is 4.35. The van der Waals surface area contributed by atoms with E-state index in [0.29, 0.717) is 12.2 Å². The zero-order valence-corrected chi connectivity index (χ0v) is 12.6. The van der Waals surface area contributed by atoms with Crippen LogP contribution in [0, 0.1) is 5.82 Å². The van der Waals surface area contributed by atoms with E-state index in [9.17, 15) is 14.0 Å². The van der Waals surface area contributed by atoms with E-state index in [1.807, 2.05) is 6.92 Å². The topological polar surface area (TPSA) is 49.4 Å². The summed E-state index contributed by atoms with van der Waals surface area (Å²) in [5.74, 6) is -1.76. The van der Waals surface area contributed by atoms with Crippen LogP contribution in [0.25, 0.3) is 0 Å². The van der Waals surface area contributed by atoms with Crippen LogP contribution in [-0.2, 0) is 4.79 Å². The largest absolute Gasteiger partial charge is 0.313 e. The van der Waals surface area contributed by atoms with Gasteiger partial charge in [-0.1, -0.05) is 13.5 Å². The number of benzene rings is 1. The first-order valence-corrected chi connectivity index (χ1v) is 6.97. The summed E-state index contributed by atoms with van der Waals surface area (Å²) < 4.78 is 13.8. The van der Waals surface area contributed by atoms with Crippen molar-refractivity contribution in [2.45, 2.75) is 6.92 Å². The highest BCUT2D eigenvalue weighted by Gasteiger charge is 2.36. The summed E-state index contributed by atoms with van der Waals surface area (Å²) in [5.41, 5.74) is 1.28. The molecule has 0 aromatic heterocycles. The molecule has 1 aromatic rings. The van der Waals surface area contributed by atoms with Crippen LogP contribution in [0.5, 0.6) is 0 Å². The van der Waals surface area contributed by atoms with Gasteiger partial charge in [-0.2, -0.15) is 0 Å². The van der Waals surface area contributed by atoms with E-state index >= 15 is 0 Å². The molecule has 2 rings (SSSR count). The summed E-state index contributed by atoms with van der Waals surface area (Å²) in [5, 5.41) is 3.09. The molecule has 1 aliphatic rings. The van der Waals surface area contributed by atoms with E-state index < -0.39 is 17.5 Å². The van der Waals surface area contributed by atoms with E-state index in [1.165, 1.54) is 17.0 Å². The second kappa shape index (κ2) is 5.85. The van der Waals surface area contributed by atoms with Crippen LogP contribution in [0.4, 0.5) is 10.1 Å². The minimum atomic E-state index is -0.643. The Labute approximate surface area is 124 Å². The highest BCUT2D eigenvalue weighted by molar-refractivity contribution is 9.10. The first-order valence-electron chi connectivity index (χ1n) is 6.18. The maximum Gasteiger partial charge on any atom is 0.299 e. The molecule has 0 saturated heterocycles. The molecular formula is C14H14BrFN2O2. The Morgan fingerprint density at radius 2 is 2.15 bits per heavy atom. The number of nitrogens with one attached hydrogen (secondary N) is 1. The van der Waals surface area contributed by atoms with Crippen molar-refractivity contribution in [3.8, 4) is 0 Å². The molecule has 1 heterocycles. The summed E-state index contributed by atoms with van der Waals surface area (Å²) in [6.07, 6.45) is 0. The second-order valence-electron chi connectivity index (χ2n) is 4.53. The molecule has 0 radical (unpaired) electrons. The number of carbonyl (C=O) groups excluding carboxylic acids is 2. The van der Waals surface area contributed by atoms with Gasteiger partial charge in [0.1, 0.15) is 5.82 Å². The maximum absolute atomic E-state index is 13.6. The van der Waals surface area contributed by atoms with Crippen LogP contribution in [0.1, 0.15) is 17.3 Å². The first-order chi connectivity index (χ1) is 9.45. The molecule has 1 amide bonds. The van der Waals surface area contributed by atoms with Crippen molar-refractivity contribution in [2.75, 3.05) is 24.5 Å². The van der Waals surface area contributed by atoms with Crippen molar-refractivity contribution in [2.24, 2.45) is 0 Å². The highest BCUT2D eigenvalue weighted by atomic mass is 79.9. The quantitative estimate of drug-likeness (QED) is 0.660. The van der Waals surface area contributed by atoms with Crippen molar-refractivity contribution in [3.63, 3.8) is 0 Å². The Balaban J connectivity index is 2.28. The predicted octanol–water partition coefficient (Wildman–Crippen LogP) is 2.28. The average Bonchev–Trinajstić information content (AvgIpc) is 2.63. The van der Waals surface area contributed by atoms with Crippen molar-refractivity contribution in [1.29, 1.82) is 0 Å². The van der Waals surface area contributed by atoms with Gasteiger partial charge < -0.3 is 10.2 Å². The number of Topliss-reactive ketones (excluding diaryl/α,β-unsaturated/α-hetero) is 1. The number of carbonyl (C=O) groups is 2. The summed E-state index contributed by atoms with van der Waals surface area (Å²) in [6, 6.07) is 2.54. The predicted molar refractivity (Wildman–Crippen MR) is 78.5 cm³/mol. The SMILES string of the molecule is C=C(CNCC)CN1C(=O)C(=O)c2cc(Br)c(F)cc21. The zero-order valence-electron chi connectivity index (χ0n) is 11.0. The third kappa shape index (κ3) is 2.66. The zero-order chi connectivity index (χ0) is 14.9. The molecule has 0 atom stereocenters. The molecule has 20 heavy (non-hydrogen) atoms. The van der Waals surface area contributed by atoms with Crippen LogP contribution in [0.3, 0.4) is 0 Å². The van der Waals surface area contributed by atoms with Crippen LogP contribution in [-0.4, -0.2) is 31.3 Å². The molecule has 0 fully saturated rings. The van der Waals surface area contributed by atoms with Crippen molar-refractivity contribution in [3.05, 3.63) is 40.1 Å². The molecular weight excluding hydrogens is 327 g/mol. The Morgan fingerprint density at radius 3 is 2.80 bits per heavy atom. The number of halogens is 2. The fourth-order valence-corrected chi connectivity index (χ4v) is 2.37. The highest BCUT2D eigenvalue weighted by Crippen LogP contribution is 2.33. The molecule has 1 aromatic carbocycles. The third-order valence-electron chi connectivity index (χ3n) is 3.02. The number of amides is 1. The van der Waals surface area contributed by atoms with E-state index in [1.54, 1.807) is 0 Å². The number of anilines is 1. The van der Waals surface area contributed by atoms with Crippen LogP contribution in [0.2, 0.25) is 0 Å². The molecule has 0 spiro atoms. The van der Waals surface area contributed by atoms with Crippen LogP contribution < -0.4 is 10.2 Å². The van der Waals surface area contributed by atoms with Gasteiger partial charge in [0.2, 0.25) is 0 Å². The van der Waals surface area contributed by atoms with Gasteiger partial charge in [0.25, 0.3) is 11.7 Å². The summed E-state index contributed by atoms with van der Waals surface area (Å²) in [4.78, 5) is 25.1. The van der Waals surface area contributed by atoms with E-state index in [-0.39, 0.29) is 16.6 Å². The molecule has 0 saturated carbocycles. The van der Waals surface area contributed by atoms with Gasteiger partial charge in [-0.25, -0.2) is 4.39 Å². The van der Waals surface area contributed by atoms with E-state index in [4.69, 9.17) is 0 Å². The number of rotatable bonds is 5. The third-order valence-corrected chi connectivity index (χ3v) is 3.63. The normalized spacial score (nSPS) is 13.8. The summed E-state index contributed by atoms with van der Waals surface area (Å²) in [7, 11) is 0.